The zero-order valence-corrected chi connectivity index (χ0v) is 18.3. The molecule has 32 heavy (non-hydrogen) atoms. The van der Waals surface area contributed by atoms with Gasteiger partial charge in [0.25, 0.3) is 0 Å². The van der Waals surface area contributed by atoms with Crippen molar-refractivity contribution < 1.29 is 13.9 Å². The minimum absolute atomic E-state index is 0.424. The lowest BCUT2D eigenvalue weighted by atomic mass is 10.1. The first-order valence-corrected chi connectivity index (χ1v) is 10.4. The molecule has 0 bridgehead atoms. The maximum Gasteiger partial charge on any atom is 0.407 e. The molecular formula is C23H26N6O3. The Bertz CT molecular complexity index is 1160. The first kappa shape index (κ1) is 21.4. The summed E-state index contributed by atoms with van der Waals surface area (Å²) in [7, 11) is 0. The molecule has 0 aliphatic rings. The normalized spacial score (nSPS) is 11.5. The Morgan fingerprint density at radius 1 is 1.16 bits per heavy atom. The molecule has 0 atom stereocenters. The number of fused-ring (bicyclic) bond motifs is 1. The second kappa shape index (κ2) is 9.09. The largest absolute Gasteiger partial charge is 0.444 e. The molecule has 0 saturated carbocycles. The third-order valence-corrected chi connectivity index (χ3v) is 4.56. The van der Waals surface area contributed by atoms with E-state index in [0.717, 1.165) is 22.2 Å². The van der Waals surface area contributed by atoms with Crippen LogP contribution < -0.4 is 10.6 Å². The van der Waals surface area contributed by atoms with E-state index in [4.69, 9.17) is 9.15 Å². The number of benzene rings is 1. The number of nitrogens with zero attached hydrogens (tertiary/aromatic N) is 3. The van der Waals surface area contributed by atoms with Gasteiger partial charge in [-0.1, -0.05) is 12.1 Å². The Hall–Kier alpha value is -3.88. The lowest BCUT2D eigenvalue weighted by Crippen LogP contribution is -2.33. The molecule has 1 aromatic carbocycles. The summed E-state index contributed by atoms with van der Waals surface area (Å²) < 4.78 is 11.2. The minimum Gasteiger partial charge on any atom is -0.444 e. The number of carbonyl (C=O) groups excluding carboxylic acids is 1. The van der Waals surface area contributed by atoms with Gasteiger partial charge in [0.05, 0.1) is 11.8 Å². The van der Waals surface area contributed by atoms with Gasteiger partial charge < -0.3 is 19.8 Å². The van der Waals surface area contributed by atoms with E-state index in [-0.39, 0.29) is 0 Å². The van der Waals surface area contributed by atoms with Gasteiger partial charge in [0.15, 0.2) is 5.58 Å². The van der Waals surface area contributed by atoms with Crippen molar-refractivity contribution in [3.63, 3.8) is 0 Å². The zero-order valence-electron chi connectivity index (χ0n) is 18.3. The average molecular weight is 435 g/mol. The van der Waals surface area contributed by atoms with Crippen molar-refractivity contribution in [2.24, 2.45) is 0 Å². The monoisotopic (exact) mass is 434 g/mol. The van der Waals surface area contributed by atoms with Gasteiger partial charge in [0, 0.05) is 36.6 Å². The number of para-hydroxylation sites is 2. The number of anilines is 1. The van der Waals surface area contributed by atoms with Crippen molar-refractivity contribution in [3.8, 4) is 22.6 Å². The fourth-order valence-corrected chi connectivity index (χ4v) is 3.12. The number of carbonyl (C=O) groups is 1. The van der Waals surface area contributed by atoms with Crippen LogP contribution in [0, 0.1) is 0 Å². The average Bonchev–Trinajstić information content (AvgIpc) is 3.42. The number of hydrogen-bond acceptors (Lipinski definition) is 7. The number of H-pyrrole nitrogens is 1. The predicted molar refractivity (Wildman–Crippen MR) is 122 cm³/mol. The highest BCUT2D eigenvalue weighted by molar-refractivity contribution is 5.81. The predicted octanol–water partition coefficient (Wildman–Crippen LogP) is 4.61. The van der Waals surface area contributed by atoms with E-state index in [0.29, 0.717) is 36.8 Å². The van der Waals surface area contributed by atoms with Gasteiger partial charge in [-0.25, -0.2) is 14.8 Å². The lowest BCUT2D eigenvalue weighted by Gasteiger charge is -2.19. The number of aromatic amines is 1. The molecule has 0 aliphatic heterocycles. The summed E-state index contributed by atoms with van der Waals surface area (Å²) in [4.78, 5) is 21.0. The highest BCUT2D eigenvalue weighted by atomic mass is 16.6. The summed E-state index contributed by atoms with van der Waals surface area (Å²) in [6.45, 7) is 6.58. The number of nitrogens with one attached hydrogen (secondary N) is 3. The van der Waals surface area contributed by atoms with Gasteiger partial charge in [-0.3, -0.25) is 5.10 Å². The van der Waals surface area contributed by atoms with Gasteiger partial charge in [0.1, 0.15) is 16.9 Å². The van der Waals surface area contributed by atoms with Crippen LogP contribution in [0.4, 0.5) is 10.6 Å². The summed E-state index contributed by atoms with van der Waals surface area (Å²) in [6, 6.07) is 9.60. The minimum atomic E-state index is -0.516. The number of pyridine rings is 1. The van der Waals surface area contributed by atoms with Crippen LogP contribution in [-0.4, -0.2) is 44.9 Å². The molecule has 0 radical (unpaired) electrons. The van der Waals surface area contributed by atoms with Crippen molar-refractivity contribution in [1.82, 2.24) is 25.5 Å². The van der Waals surface area contributed by atoms with Gasteiger partial charge >= 0.3 is 6.09 Å². The first-order chi connectivity index (χ1) is 15.4. The van der Waals surface area contributed by atoms with Gasteiger partial charge in [-0.15, -0.1) is 0 Å². The fourth-order valence-electron chi connectivity index (χ4n) is 3.12. The molecule has 4 aromatic rings. The summed E-state index contributed by atoms with van der Waals surface area (Å²) in [5, 5.41) is 12.9. The van der Waals surface area contributed by atoms with Crippen LogP contribution in [0.3, 0.4) is 0 Å². The number of rotatable bonds is 7. The van der Waals surface area contributed by atoms with Crippen LogP contribution in [0.1, 0.15) is 27.2 Å². The molecule has 3 N–H and O–H groups in total. The number of ether oxygens (including phenoxy) is 1. The summed E-state index contributed by atoms with van der Waals surface area (Å²) in [5.41, 5.74) is 3.54. The molecule has 166 valence electrons. The van der Waals surface area contributed by atoms with E-state index in [1.54, 1.807) is 12.4 Å². The topological polar surface area (TPSA) is 118 Å². The molecule has 4 rings (SSSR count). The number of amides is 1. The molecule has 0 saturated heterocycles. The van der Waals surface area contributed by atoms with Crippen LogP contribution in [0.2, 0.25) is 0 Å². The van der Waals surface area contributed by atoms with Crippen LogP contribution in [0.25, 0.3) is 33.7 Å². The van der Waals surface area contributed by atoms with Crippen LogP contribution in [-0.2, 0) is 4.74 Å². The Balaban J connectivity index is 1.48. The third-order valence-electron chi connectivity index (χ3n) is 4.56. The molecule has 3 heterocycles. The maximum atomic E-state index is 11.8. The van der Waals surface area contributed by atoms with Crippen LogP contribution in [0.5, 0.6) is 0 Å². The number of oxazole rings is 1. The van der Waals surface area contributed by atoms with E-state index in [2.05, 4.69) is 30.8 Å². The fraction of sp³-hybridized carbons (Fsp3) is 0.304. The lowest BCUT2D eigenvalue weighted by molar-refractivity contribution is 0.0528. The Labute approximate surface area is 185 Å². The number of alkyl carbamates (subject to hydrolysis) is 1. The summed E-state index contributed by atoms with van der Waals surface area (Å²) >= 11 is 0. The molecule has 9 nitrogen and oxygen atoms in total. The van der Waals surface area contributed by atoms with E-state index in [1.165, 1.54) is 0 Å². The smallest absolute Gasteiger partial charge is 0.407 e. The molecule has 0 aliphatic carbocycles. The molecule has 9 heteroatoms. The quantitative estimate of drug-likeness (QED) is 0.364. The van der Waals surface area contributed by atoms with Crippen molar-refractivity contribution in [2.75, 3.05) is 18.4 Å². The van der Waals surface area contributed by atoms with Gasteiger partial charge in [-0.05, 0) is 45.4 Å². The zero-order chi connectivity index (χ0) is 22.6. The summed E-state index contributed by atoms with van der Waals surface area (Å²) in [6.07, 6.45) is 5.59. The van der Waals surface area contributed by atoms with E-state index < -0.39 is 11.7 Å². The second-order valence-electron chi connectivity index (χ2n) is 8.30. The second-order valence-corrected chi connectivity index (χ2v) is 8.30. The SMILES string of the molecule is CC(C)(C)OC(=O)NCCCNc1ncc(-c2cn[nH]c2)cc1-c1nc2ccccc2o1. The van der Waals surface area contributed by atoms with E-state index >= 15 is 0 Å². The molecule has 0 spiro atoms. The Morgan fingerprint density at radius 3 is 2.75 bits per heavy atom. The summed E-state index contributed by atoms with van der Waals surface area (Å²) in [5.74, 6) is 1.14. The molecule has 0 unspecified atom stereocenters. The first-order valence-electron chi connectivity index (χ1n) is 10.4. The van der Waals surface area contributed by atoms with E-state index in [9.17, 15) is 4.79 Å². The number of aromatic nitrogens is 4. The van der Waals surface area contributed by atoms with Crippen molar-refractivity contribution in [2.45, 2.75) is 32.8 Å². The third kappa shape index (κ3) is 5.23. The molecular weight excluding hydrogens is 408 g/mol. The Kier molecular flexibility index (Phi) is 6.07. The van der Waals surface area contributed by atoms with Crippen LogP contribution in [0.15, 0.2) is 53.3 Å². The molecule has 1 amide bonds. The maximum absolute atomic E-state index is 11.8. The van der Waals surface area contributed by atoms with E-state index in [1.807, 2.05) is 57.3 Å². The molecule has 0 fully saturated rings. The molecule has 3 aromatic heterocycles. The van der Waals surface area contributed by atoms with Gasteiger partial charge in [-0.2, -0.15) is 5.10 Å². The van der Waals surface area contributed by atoms with Crippen molar-refractivity contribution in [1.29, 1.82) is 0 Å². The number of hydrogen-bond donors (Lipinski definition) is 3. The van der Waals surface area contributed by atoms with Crippen molar-refractivity contribution >= 4 is 23.0 Å². The van der Waals surface area contributed by atoms with Crippen molar-refractivity contribution in [3.05, 3.63) is 48.9 Å². The Morgan fingerprint density at radius 2 is 2.00 bits per heavy atom. The van der Waals surface area contributed by atoms with Crippen LogP contribution >= 0.6 is 0 Å². The highest BCUT2D eigenvalue weighted by Crippen LogP contribution is 2.32. The highest BCUT2D eigenvalue weighted by Gasteiger charge is 2.17. The standard InChI is InChI=1S/C23H26N6O3/c1-23(2,3)32-22(30)25-10-6-9-24-20-17(11-15(12-26-20)16-13-27-28-14-16)21-29-18-7-4-5-8-19(18)31-21/h4-5,7-8,11-14H,6,9-10H2,1-3H3,(H,24,26)(H,25,30)(H,27,28). The van der Waals surface area contributed by atoms with Gasteiger partial charge in [0.2, 0.25) is 5.89 Å².